The van der Waals surface area contributed by atoms with Crippen LogP contribution in [-0.2, 0) is 6.54 Å². The molecule has 0 N–H and O–H groups in total. The van der Waals surface area contributed by atoms with Crippen molar-refractivity contribution >= 4 is 11.6 Å². The fourth-order valence-electron chi connectivity index (χ4n) is 3.33. The summed E-state index contributed by atoms with van der Waals surface area (Å²) in [7, 11) is 0. The van der Waals surface area contributed by atoms with E-state index in [-0.39, 0.29) is 0 Å². The molecule has 0 amide bonds. The second-order valence-corrected chi connectivity index (χ2v) is 6.69. The summed E-state index contributed by atoms with van der Waals surface area (Å²) in [5.41, 5.74) is 3.10. The van der Waals surface area contributed by atoms with Crippen LogP contribution in [0.5, 0.6) is 0 Å². The van der Waals surface area contributed by atoms with Crippen LogP contribution in [-0.4, -0.2) is 36.0 Å². The van der Waals surface area contributed by atoms with Crippen LogP contribution in [0.15, 0.2) is 48.5 Å². The van der Waals surface area contributed by atoms with Crippen LogP contribution in [0.3, 0.4) is 0 Å². The van der Waals surface area contributed by atoms with E-state index in [2.05, 4.69) is 34.9 Å². The van der Waals surface area contributed by atoms with Crippen molar-refractivity contribution in [2.75, 3.05) is 26.2 Å². The molecule has 0 spiro atoms. The molecule has 124 valence electrons. The van der Waals surface area contributed by atoms with Gasteiger partial charge in [-0.15, -0.1) is 0 Å². The largest absolute Gasteiger partial charge is 0.296 e. The lowest BCUT2D eigenvalue weighted by atomic mass is 10.1. The molecule has 0 aromatic heterocycles. The minimum atomic E-state index is 0.326. The van der Waals surface area contributed by atoms with E-state index in [1.165, 1.54) is 5.56 Å². The first-order valence-corrected chi connectivity index (χ1v) is 8.75. The van der Waals surface area contributed by atoms with Crippen LogP contribution >= 0.6 is 11.6 Å². The molecule has 2 aromatic rings. The third-order valence-corrected chi connectivity index (χ3v) is 5.19. The highest BCUT2D eigenvalue weighted by molar-refractivity contribution is 6.31. The number of nitrogens with zero attached hydrogens (tertiary/aromatic N) is 3. The van der Waals surface area contributed by atoms with E-state index in [1.807, 2.05) is 36.4 Å². The maximum absolute atomic E-state index is 9.23. The smallest absolute Gasteiger partial charge is 0.0995 e. The Morgan fingerprint density at radius 2 is 1.71 bits per heavy atom. The van der Waals surface area contributed by atoms with Gasteiger partial charge in [0.05, 0.1) is 11.6 Å². The van der Waals surface area contributed by atoms with E-state index in [4.69, 9.17) is 11.6 Å². The van der Waals surface area contributed by atoms with Gasteiger partial charge in [-0.2, -0.15) is 5.26 Å². The molecule has 1 saturated heterocycles. The quantitative estimate of drug-likeness (QED) is 0.840. The van der Waals surface area contributed by atoms with E-state index in [0.29, 0.717) is 6.04 Å². The van der Waals surface area contributed by atoms with E-state index >= 15 is 0 Å². The average molecular weight is 340 g/mol. The Bertz CT molecular complexity index is 730. The second kappa shape index (κ2) is 7.81. The lowest BCUT2D eigenvalue weighted by Gasteiger charge is -2.38. The molecule has 1 atom stereocenters. The average Bonchev–Trinajstić information content (AvgIpc) is 2.63. The van der Waals surface area contributed by atoms with Crippen molar-refractivity contribution < 1.29 is 0 Å². The Hall–Kier alpha value is -1.86. The van der Waals surface area contributed by atoms with Crippen LogP contribution in [0.25, 0.3) is 0 Å². The molecule has 0 saturated carbocycles. The highest BCUT2D eigenvalue weighted by Gasteiger charge is 2.23. The van der Waals surface area contributed by atoms with Gasteiger partial charge in [-0.3, -0.25) is 9.80 Å². The van der Waals surface area contributed by atoms with Gasteiger partial charge in [0.25, 0.3) is 0 Å². The molecule has 1 fully saturated rings. The van der Waals surface area contributed by atoms with Gasteiger partial charge in [-0.05, 0) is 30.2 Å². The van der Waals surface area contributed by atoms with Gasteiger partial charge in [0.1, 0.15) is 0 Å². The maximum Gasteiger partial charge on any atom is 0.0995 e. The highest BCUT2D eigenvalue weighted by Crippen LogP contribution is 2.28. The fraction of sp³-hybridized carbons (Fsp3) is 0.350. The van der Waals surface area contributed by atoms with Gasteiger partial charge in [0.2, 0.25) is 0 Å². The normalized spacial score (nSPS) is 17.4. The number of benzene rings is 2. The molecule has 0 radical (unpaired) electrons. The first-order chi connectivity index (χ1) is 11.7. The van der Waals surface area contributed by atoms with E-state index in [9.17, 15) is 5.26 Å². The predicted molar refractivity (Wildman–Crippen MR) is 97.9 cm³/mol. The SMILES string of the molecule is CC(c1ccccc1Cl)N1CCN(Cc2ccccc2C#N)CC1. The molecular formula is C20H22ClN3. The highest BCUT2D eigenvalue weighted by atomic mass is 35.5. The Balaban J connectivity index is 1.60. The Kier molecular flexibility index (Phi) is 5.52. The summed E-state index contributed by atoms with van der Waals surface area (Å²) in [5.74, 6) is 0. The van der Waals surface area contributed by atoms with Gasteiger partial charge < -0.3 is 0 Å². The zero-order valence-corrected chi connectivity index (χ0v) is 14.7. The summed E-state index contributed by atoms with van der Waals surface area (Å²) in [6.45, 7) is 7.12. The first kappa shape index (κ1) is 17.0. The summed E-state index contributed by atoms with van der Waals surface area (Å²) in [4.78, 5) is 4.90. The molecule has 3 rings (SSSR count). The zero-order chi connectivity index (χ0) is 16.9. The van der Waals surface area contributed by atoms with E-state index in [1.54, 1.807) is 0 Å². The second-order valence-electron chi connectivity index (χ2n) is 6.28. The van der Waals surface area contributed by atoms with Gasteiger partial charge in [0, 0.05) is 43.8 Å². The first-order valence-electron chi connectivity index (χ1n) is 8.38. The van der Waals surface area contributed by atoms with Gasteiger partial charge in [-0.1, -0.05) is 48.0 Å². The number of piperazine rings is 1. The number of hydrogen-bond acceptors (Lipinski definition) is 3. The Morgan fingerprint density at radius 3 is 2.42 bits per heavy atom. The number of nitriles is 1. The number of hydrogen-bond donors (Lipinski definition) is 0. The Labute approximate surface area is 149 Å². The van der Waals surface area contributed by atoms with Crippen LogP contribution < -0.4 is 0 Å². The minimum Gasteiger partial charge on any atom is -0.296 e. The van der Waals surface area contributed by atoms with Gasteiger partial charge in [-0.25, -0.2) is 0 Å². The van der Waals surface area contributed by atoms with E-state index < -0.39 is 0 Å². The molecule has 0 bridgehead atoms. The van der Waals surface area contributed by atoms with Crippen molar-refractivity contribution in [3.8, 4) is 6.07 Å². The molecule has 1 heterocycles. The lowest BCUT2D eigenvalue weighted by Crippen LogP contribution is -2.46. The molecule has 0 aliphatic carbocycles. The molecule has 4 heteroatoms. The van der Waals surface area contributed by atoms with Crippen molar-refractivity contribution in [1.82, 2.24) is 9.80 Å². The monoisotopic (exact) mass is 339 g/mol. The number of halogens is 1. The molecule has 2 aromatic carbocycles. The number of rotatable bonds is 4. The summed E-state index contributed by atoms with van der Waals surface area (Å²) >= 11 is 6.34. The van der Waals surface area contributed by atoms with Crippen LogP contribution in [0.1, 0.15) is 29.7 Å². The third kappa shape index (κ3) is 3.79. The van der Waals surface area contributed by atoms with Gasteiger partial charge in [0.15, 0.2) is 0 Å². The topological polar surface area (TPSA) is 30.3 Å². The molecular weight excluding hydrogens is 318 g/mol. The van der Waals surface area contributed by atoms with Crippen LogP contribution in [0.2, 0.25) is 5.02 Å². The maximum atomic E-state index is 9.23. The fourth-order valence-corrected chi connectivity index (χ4v) is 3.62. The minimum absolute atomic E-state index is 0.326. The summed E-state index contributed by atoms with van der Waals surface area (Å²) < 4.78 is 0. The summed E-state index contributed by atoms with van der Waals surface area (Å²) in [6, 6.07) is 18.6. The molecule has 24 heavy (non-hydrogen) atoms. The Morgan fingerprint density at radius 1 is 1.04 bits per heavy atom. The molecule has 1 aliphatic heterocycles. The van der Waals surface area contributed by atoms with Crippen molar-refractivity contribution in [3.63, 3.8) is 0 Å². The third-order valence-electron chi connectivity index (χ3n) is 4.84. The van der Waals surface area contributed by atoms with Crippen molar-refractivity contribution in [2.45, 2.75) is 19.5 Å². The molecule has 1 unspecified atom stereocenters. The van der Waals surface area contributed by atoms with Crippen molar-refractivity contribution in [3.05, 3.63) is 70.2 Å². The molecule has 1 aliphatic rings. The molecule has 3 nitrogen and oxygen atoms in total. The van der Waals surface area contributed by atoms with Crippen LogP contribution in [0, 0.1) is 11.3 Å². The van der Waals surface area contributed by atoms with Crippen molar-refractivity contribution in [1.29, 1.82) is 5.26 Å². The summed E-state index contributed by atoms with van der Waals surface area (Å²) in [6.07, 6.45) is 0. The van der Waals surface area contributed by atoms with Crippen molar-refractivity contribution in [2.24, 2.45) is 0 Å². The zero-order valence-electron chi connectivity index (χ0n) is 14.0. The summed E-state index contributed by atoms with van der Waals surface area (Å²) in [5, 5.41) is 10.1. The van der Waals surface area contributed by atoms with Gasteiger partial charge >= 0.3 is 0 Å². The standard InChI is InChI=1S/C20H22ClN3/c1-16(19-8-4-5-9-20(19)21)24-12-10-23(11-13-24)15-18-7-3-2-6-17(18)14-22/h2-9,16H,10-13,15H2,1H3. The van der Waals surface area contributed by atoms with Crippen LogP contribution in [0.4, 0.5) is 0 Å². The van der Waals surface area contributed by atoms with E-state index in [0.717, 1.165) is 48.9 Å². The predicted octanol–water partition coefficient (Wildman–Crippen LogP) is 4.09. The lowest BCUT2D eigenvalue weighted by molar-refractivity contribution is 0.0978.